The molecule has 2 aromatic heterocycles. The summed E-state index contributed by atoms with van der Waals surface area (Å²) in [5.74, 6) is 1.46. The Morgan fingerprint density at radius 2 is 2.28 bits per heavy atom. The molecule has 96 valence electrons. The second-order valence-corrected chi connectivity index (χ2v) is 4.58. The highest BCUT2D eigenvalue weighted by molar-refractivity contribution is 9.10. The SMILES string of the molecule is CCOc1ncccc1NC(C)c1ccc(Br)o1. The lowest BCUT2D eigenvalue weighted by atomic mass is 10.2. The van der Waals surface area contributed by atoms with Crippen molar-refractivity contribution < 1.29 is 9.15 Å². The molecule has 0 saturated heterocycles. The number of furan rings is 1. The van der Waals surface area contributed by atoms with Crippen molar-refractivity contribution in [3.63, 3.8) is 0 Å². The molecule has 1 unspecified atom stereocenters. The van der Waals surface area contributed by atoms with Gasteiger partial charge in [0.1, 0.15) is 5.76 Å². The van der Waals surface area contributed by atoms with E-state index < -0.39 is 0 Å². The maximum Gasteiger partial charge on any atom is 0.237 e. The molecule has 2 rings (SSSR count). The first-order valence-corrected chi connectivity index (χ1v) is 6.59. The quantitative estimate of drug-likeness (QED) is 0.906. The zero-order chi connectivity index (χ0) is 13.0. The minimum absolute atomic E-state index is 0.0414. The van der Waals surface area contributed by atoms with Crippen LogP contribution in [-0.4, -0.2) is 11.6 Å². The second kappa shape index (κ2) is 5.91. The number of anilines is 1. The predicted molar refractivity (Wildman–Crippen MR) is 73.9 cm³/mol. The van der Waals surface area contributed by atoms with E-state index in [0.29, 0.717) is 12.5 Å². The predicted octanol–water partition coefficient (Wildman–Crippen LogP) is 4.01. The molecule has 0 amide bonds. The summed E-state index contributed by atoms with van der Waals surface area (Å²) in [6.45, 7) is 4.55. The summed E-state index contributed by atoms with van der Waals surface area (Å²) in [4.78, 5) is 4.20. The van der Waals surface area contributed by atoms with Gasteiger partial charge in [-0.25, -0.2) is 4.98 Å². The van der Waals surface area contributed by atoms with Gasteiger partial charge < -0.3 is 14.5 Å². The molecule has 4 nitrogen and oxygen atoms in total. The van der Waals surface area contributed by atoms with Crippen molar-refractivity contribution in [1.29, 1.82) is 0 Å². The molecule has 0 saturated carbocycles. The van der Waals surface area contributed by atoms with Gasteiger partial charge in [-0.05, 0) is 54.0 Å². The third-order valence-electron chi connectivity index (χ3n) is 2.44. The second-order valence-electron chi connectivity index (χ2n) is 3.80. The maximum absolute atomic E-state index is 5.51. The van der Waals surface area contributed by atoms with Gasteiger partial charge in [0.15, 0.2) is 4.67 Å². The Hall–Kier alpha value is -1.49. The fourth-order valence-corrected chi connectivity index (χ4v) is 1.94. The summed E-state index contributed by atoms with van der Waals surface area (Å²) in [7, 11) is 0. The lowest BCUT2D eigenvalue weighted by Gasteiger charge is -2.15. The van der Waals surface area contributed by atoms with E-state index in [1.807, 2.05) is 38.1 Å². The number of nitrogens with one attached hydrogen (secondary N) is 1. The van der Waals surface area contributed by atoms with Gasteiger partial charge in [0.25, 0.3) is 0 Å². The highest BCUT2D eigenvalue weighted by Gasteiger charge is 2.12. The molecule has 5 heteroatoms. The van der Waals surface area contributed by atoms with Crippen LogP contribution in [0.4, 0.5) is 5.69 Å². The summed E-state index contributed by atoms with van der Waals surface area (Å²) in [6, 6.07) is 7.65. The smallest absolute Gasteiger partial charge is 0.237 e. The summed E-state index contributed by atoms with van der Waals surface area (Å²) in [5.41, 5.74) is 0.861. The highest BCUT2D eigenvalue weighted by atomic mass is 79.9. The van der Waals surface area contributed by atoms with E-state index in [1.165, 1.54) is 0 Å². The van der Waals surface area contributed by atoms with Crippen molar-refractivity contribution in [2.24, 2.45) is 0 Å². The lowest BCUT2D eigenvalue weighted by molar-refractivity contribution is 0.328. The molecular formula is C13H15BrN2O2. The van der Waals surface area contributed by atoms with Crippen LogP contribution in [0.5, 0.6) is 5.88 Å². The van der Waals surface area contributed by atoms with Crippen molar-refractivity contribution in [2.45, 2.75) is 19.9 Å². The van der Waals surface area contributed by atoms with Crippen molar-refractivity contribution >= 4 is 21.6 Å². The van der Waals surface area contributed by atoms with E-state index in [4.69, 9.17) is 9.15 Å². The Balaban J connectivity index is 2.13. The Morgan fingerprint density at radius 3 is 2.94 bits per heavy atom. The van der Waals surface area contributed by atoms with Gasteiger partial charge in [0.05, 0.1) is 18.3 Å². The molecule has 0 aliphatic rings. The van der Waals surface area contributed by atoms with Crippen molar-refractivity contribution in [3.05, 3.63) is 40.9 Å². The average Bonchev–Trinajstić information content (AvgIpc) is 2.79. The zero-order valence-corrected chi connectivity index (χ0v) is 11.9. The van der Waals surface area contributed by atoms with Crippen LogP contribution in [0.3, 0.4) is 0 Å². The maximum atomic E-state index is 5.51. The fraction of sp³-hybridized carbons (Fsp3) is 0.308. The molecule has 0 radical (unpaired) electrons. The molecular weight excluding hydrogens is 296 g/mol. The molecule has 0 aliphatic heterocycles. The number of pyridine rings is 1. The van der Waals surface area contributed by atoms with Crippen LogP contribution >= 0.6 is 15.9 Å². The largest absolute Gasteiger partial charge is 0.476 e. The van der Waals surface area contributed by atoms with E-state index in [-0.39, 0.29) is 6.04 Å². The molecule has 2 aromatic rings. The first-order chi connectivity index (χ1) is 8.70. The van der Waals surface area contributed by atoms with Crippen LogP contribution in [0.2, 0.25) is 0 Å². The fourth-order valence-electron chi connectivity index (χ4n) is 1.62. The van der Waals surface area contributed by atoms with Crippen molar-refractivity contribution in [3.8, 4) is 5.88 Å². The van der Waals surface area contributed by atoms with Gasteiger partial charge in [-0.1, -0.05) is 0 Å². The Morgan fingerprint density at radius 1 is 1.44 bits per heavy atom. The van der Waals surface area contributed by atoms with Crippen LogP contribution in [-0.2, 0) is 0 Å². The van der Waals surface area contributed by atoms with Crippen molar-refractivity contribution in [2.75, 3.05) is 11.9 Å². The summed E-state index contributed by atoms with van der Waals surface area (Å²) < 4.78 is 11.7. The number of ether oxygens (including phenoxy) is 1. The van der Waals surface area contributed by atoms with E-state index in [2.05, 4.69) is 26.2 Å². The summed E-state index contributed by atoms with van der Waals surface area (Å²) >= 11 is 3.29. The summed E-state index contributed by atoms with van der Waals surface area (Å²) in [6.07, 6.45) is 1.71. The monoisotopic (exact) mass is 310 g/mol. The Kier molecular flexibility index (Phi) is 4.25. The molecule has 0 bridgehead atoms. The minimum atomic E-state index is 0.0414. The molecule has 0 fully saturated rings. The minimum Gasteiger partial charge on any atom is -0.476 e. The number of nitrogens with zero attached hydrogens (tertiary/aromatic N) is 1. The molecule has 1 atom stereocenters. The number of rotatable bonds is 5. The van der Waals surface area contributed by atoms with Gasteiger partial charge in [-0.15, -0.1) is 0 Å². The topological polar surface area (TPSA) is 47.3 Å². The third-order valence-corrected chi connectivity index (χ3v) is 2.87. The van der Waals surface area contributed by atoms with Crippen LogP contribution in [0, 0.1) is 0 Å². The average molecular weight is 311 g/mol. The van der Waals surface area contributed by atoms with Gasteiger partial charge >= 0.3 is 0 Å². The van der Waals surface area contributed by atoms with Crippen LogP contribution in [0.1, 0.15) is 25.6 Å². The standard InChI is InChI=1S/C13H15BrN2O2/c1-3-17-13-10(5-4-8-15-13)16-9(2)11-6-7-12(14)18-11/h4-9,16H,3H2,1-2H3. The van der Waals surface area contributed by atoms with Gasteiger partial charge in [0.2, 0.25) is 5.88 Å². The van der Waals surface area contributed by atoms with Crippen LogP contribution in [0.15, 0.2) is 39.5 Å². The van der Waals surface area contributed by atoms with Crippen LogP contribution < -0.4 is 10.1 Å². The van der Waals surface area contributed by atoms with E-state index in [1.54, 1.807) is 6.20 Å². The molecule has 0 spiro atoms. The molecule has 2 heterocycles. The Bertz CT molecular complexity index is 513. The molecule has 0 aliphatic carbocycles. The normalized spacial score (nSPS) is 12.2. The van der Waals surface area contributed by atoms with Crippen LogP contribution in [0.25, 0.3) is 0 Å². The first-order valence-electron chi connectivity index (χ1n) is 5.80. The molecule has 1 N–H and O–H groups in total. The highest BCUT2D eigenvalue weighted by Crippen LogP contribution is 2.27. The number of halogens is 1. The van der Waals surface area contributed by atoms with E-state index in [9.17, 15) is 0 Å². The summed E-state index contributed by atoms with van der Waals surface area (Å²) in [5, 5.41) is 3.32. The van der Waals surface area contributed by atoms with Gasteiger partial charge in [-0.2, -0.15) is 0 Å². The number of hydrogen-bond acceptors (Lipinski definition) is 4. The molecule has 18 heavy (non-hydrogen) atoms. The lowest BCUT2D eigenvalue weighted by Crippen LogP contribution is -2.08. The third kappa shape index (κ3) is 3.04. The van der Waals surface area contributed by atoms with E-state index in [0.717, 1.165) is 16.1 Å². The van der Waals surface area contributed by atoms with Gasteiger partial charge in [-0.3, -0.25) is 0 Å². The van der Waals surface area contributed by atoms with Gasteiger partial charge in [0, 0.05) is 6.20 Å². The number of hydrogen-bond donors (Lipinski definition) is 1. The zero-order valence-electron chi connectivity index (χ0n) is 10.3. The first kappa shape index (κ1) is 13.0. The molecule has 0 aromatic carbocycles. The van der Waals surface area contributed by atoms with E-state index >= 15 is 0 Å². The van der Waals surface area contributed by atoms with Crippen molar-refractivity contribution in [1.82, 2.24) is 4.98 Å². The Labute approximate surface area is 114 Å². The number of aromatic nitrogens is 1.